The van der Waals surface area contributed by atoms with E-state index in [0.29, 0.717) is 0 Å². The molecule has 0 nitrogen and oxygen atoms in total. The van der Waals surface area contributed by atoms with Gasteiger partial charge in [0.25, 0.3) is 0 Å². The summed E-state index contributed by atoms with van der Waals surface area (Å²) in [7, 11) is -0.631. The van der Waals surface area contributed by atoms with Gasteiger partial charge in [0, 0.05) is 27.3 Å². The fourth-order valence-corrected chi connectivity index (χ4v) is 0. The lowest BCUT2D eigenvalue weighted by Gasteiger charge is -2.03. The molecule has 0 heterocycles. The highest BCUT2D eigenvalue weighted by molar-refractivity contribution is 7.75. The summed E-state index contributed by atoms with van der Waals surface area (Å²) in [5.41, 5.74) is 0.854. The van der Waals surface area contributed by atoms with Gasteiger partial charge in [-0.25, -0.2) is 0 Å². The monoisotopic (exact) mass is 160 g/mol. The van der Waals surface area contributed by atoms with Gasteiger partial charge in [0.1, 0.15) is 5.62 Å². The van der Waals surface area contributed by atoms with Crippen molar-refractivity contribution in [1.29, 1.82) is 0 Å². The number of alkyl halides is 1. The molecule has 0 fully saturated rings. The van der Waals surface area contributed by atoms with E-state index in [4.69, 9.17) is 11.6 Å². The van der Waals surface area contributed by atoms with Crippen molar-refractivity contribution in [3.63, 3.8) is 0 Å². The molecule has 46 valence electrons. The first-order chi connectivity index (χ1) is 2.56. The molecule has 0 aliphatic heterocycles. The fraction of sp³-hybridized carbons (Fsp3) is 1.00. The molecule has 0 rings (SSSR count). The molecule has 0 aromatic rings. The fourth-order valence-electron chi connectivity index (χ4n) is 0. The van der Waals surface area contributed by atoms with Crippen molar-refractivity contribution in [2.75, 3.05) is 25.6 Å². The molecule has 0 aliphatic rings. The van der Waals surface area contributed by atoms with Crippen molar-refractivity contribution in [3.8, 4) is 0 Å². The third-order valence-corrected chi connectivity index (χ3v) is 3.23. The summed E-state index contributed by atoms with van der Waals surface area (Å²) in [5.74, 6) is 0. The van der Waals surface area contributed by atoms with Gasteiger partial charge in [0.05, 0.1) is 0 Å². The van der Waals surface area contributed by atoms with Crippen LogP contribution in [0.3, 0.4) is 0 Å². The molecule has 0 saturated heterocycles. The molecule has 0 saturated carbocycles. The topological polar surface area (TPSA) is 0 Å². The molecule has 0 amide bonds. The van der Waals surface area contributed by atoms with E-state index in [1.165, 1.54) is 0 Å². The second kappa shape index (κ2) is 3.95. The Bertz CT molecular complexity index is 39.4. The quantitative estimate of drug-likeness (QED) is 0.345. The molecule has 0 atom stereocenters. The minimum absolute atomic E-state index is 0. The average molecular weight is 161 g/mol. The number of rotatable bonds is 1. The van der Waals surface area contributed by atoms with Crippen molar-refractivity contribution in [1.82, 2.24) is 0 Å². The van der Waals surface area contributed by atoms with Gasteiger partial charge >= 0.3 is 0 Å². The molecule has 0 unspecified atom stereocenters. The smallest absolute Gasteiger partial charge is 0.131 e. The van der Waals surface area contributed by atoms with Gasteiger partial charge in [0.2, 0.25) is 0 Å². The number of hydrogen-bond acceptors (Lipinski definition) is 0. The zero-order chi connectivity index (χ0) is 5.21. The molecule has 0 aromatic carbocycles. The minimum Gasteiger partial charge on any atom is -1.00 e. The summed E-state index contributed by atoms with van der Waals surface area (Å²) in [6, 6.07) is 0. The molecule has 0 spiro atoms. The Labute approximate surface area is 57.4 Å². The van der Waals surface area contributed by atoms with Crippen molar-refractivity contribution < 1.29 is 12.4 Å². The number of hydrogen-bond donors (Lipinski definition) is 0. The van der Waals surface area contributed by atoms with Gasteiger partial charge in [-0.3, -0.25) is 0 Å². The molecule has 0 aromatic heterocycles. The van der Waals surface area contributed by atoms with Crippen molar-refractivity contribution in [3.05, 3.63) is 0 Å². The predicted molar refractivity (Wildman–Crippen MR) is 35.4 cm³/mol. The van der Waals surface area contributed by atoms with Crippen LogP contribution in [0.1, 0.15) is 0 Å². The van der Waals surface area contributed by atoms with Gasteiger partial charge in [-0.1, -0.05) is 11.6 Å². The lowest BCUT2D eigenvalue weighted by Crippen LogP contribution is -3.00. The van der Waals surface area contributed by atoms with E-state index in [2.05, 4.69) is 20.0 Å². The molecular weight excluding hydrogens is 150 g/mol. The first-order valence-electron chi connectivity index (χ1n) is 1.93. The van der Waals surface area contributed by atoms with Crippen LogP contribution in [0.5, 0.6) is 0 Å². The summed E-state index contributed by atoms with van der Waals surface area (Å²) >= 11 is 5.53. The largest absolute Gasteiger partial charge is 1.00 e. The maximum atomic E-state index is 5.53. The zero-order valence-corrected chi connectivity index (χ0v) is 7.32. The molecule has 0 N–H and O–H groups in total. The first kappa shape index (κ1) is 10.9. The first-order valence-corrected chi connectivity index (χ1v) is 5.78. The van der Waals surface area contributed by atoms with Gasteiger partial charge in [0.15, 0.2) is 0 Å². The highest BCUT2D eigenvalue weighted by atomic mass is 35.5. The van der Waals surface area contributed by atoms with Crippen molar-refractivity contribution >= 4 is 18.9 Å². The highest BCUT2D eigenvalue weighted by Gasteiger charge is 2.12. The Morgan fingerprint density at radius 2 is 1.43 bits per heavy atom. The minimum atomic E-state index is -0.631. The molecule has 0 radical (unpaired) electrons. The molecular formula is C4H11Cl2P. The maximum Gasteiger partial charge on any atom is 0.131 e. The van der Waals surface area contributed by atoms with Crippen LogP contribution in [0.4, 0.5) is 0 Å². The summed E-state index contributed by atoms with van der Waals surface area (Å²) in [4.78, 5) is 0. The predicted octanol–water partition coefficient (Wildman–Crippen LogP) is -0.906. The van der Waals surface area contributed by atoms with E-state index in [-0.39, 0.29) is 12.4 Å². The molecule has 3 heteroatoms. The normalized spacial score (nSPS) is 10.3. The number of halogens is 2. The Hall–Kier alpha value is 1.01. The van der Waals surface area contributed by atoms with Crippen molar-refractivity contribution in [2.45, 2.75) is 0 Å². The van der Waals surface area contributed by atoms with Crippen LogP contribution < -0.4 is 12.4 Å². The van der Waals surface area contributed by atoms with Gasteiger partial charge in [-0.2, -0.15) is 0 Å². The van der Waals surface area contributed by atoms with Gasteiger partial charge < -0.3 is 12.4 Å². The molecule has 0 bridgehead atoms. The van der Waals surface area contributed by atoms with Gasteiger partial charge in [-0.05, 0) is 0 Å². The Morgan fingerprint density at radius 3 is 1.43 bits per heavy atom. The molecule has 7 heavy (non-hydrogen) atoms. The van der Waals surface area contributed by atoms with E-state index in [1.807, 2.05) is 0 Å². The molecule has 0 aliphatic carbocycles. The second-order valence-electron chi connectivity index (χ2n) is 2.41. The summed E-state index contributed by atoms with van der Waals surface area (Å²) in [5, 5.41) is 0. The highest BCUT2D eigenvalue weighted by Crippen LogP contribution is 2.46. The third-order valence-electron chi connectivity index (χ3n) is 0.359. The van der Waals surface area contributed by atoms with Crippen LogP contribution >= 0.6 is 18.9 Å². The van der Waals surface area contributed by atoms with E-state index in [1.54, 1.807) is 0 Å². The van der Waals surface area contributed by atoms with Crippen molar-refractivity contribution in [2.24, 2.45) is 0 Å². The summed E-state index contributed by atoms with van der Waals surface area (Å²) in [6.45, 7) is 6.67. The van der Waals surface area contributed by atoms with Crippen LogP contribution in [-0.4, -0.2) is 25.6 Å². The van der Waals surface area contributed by atoms with Crippen LogP contribution in [0.25, 0.3) is 0 Å². The third kappa shape index (κ3) is 10.9. The zero-order valence-electron chi connectivity index (χ0n) is 4.91. The average Bonchev–Trinajstić information content (AvgIpc) is 1.35. The second-order valence-corrected chi connectivity index (χ2v) is 7.95. The Balaban J connectivity index is 0. The van der Waals surface area contributed by atoms with Crippen LogP contribution in [0.15, 0.2) is 0 Å². The van der Waals surface area contributed by atoms with E-state index in [9.17, 15) is 0 Å². The Morgan fingerprint density at radius 1 is 1.29 bits per heavy atom. The van der Waals surface area contributed by atoms with Crippen LogP contribution in [0, 0.1) is 0 Å². The summed E-state index contributed by atoms with van der Waals surface area (Å²) in [6.07, 6.45) is 0. The van der Waals surface area contributed by atoms with E-state index < -0.39 is 7.26 Å². The van der Waals surface area contributed by atoms with Gasteiger partial charge in [-0.15, -0.1) is 0 Å². The summed E-state index contributed by atoms with van der Waals surface area (Å²) < 4.78 is 0. The van der Waals surface area contributed by atoms with Crippen LogP contribution in [0.2, 0.25) is 0 Å². The lowest BCUT2D eigenvalue weighted by molar-refractivity contribution is -0.00000156. The van der Waals surface area contributed by atoms with E-state index in [0.717, 1.165) is 5.62 Å². The standard InChI is InChI=1S/C4H11ClP.ClH/c1-6(2,3)4-5;/h4H2,1-3H3;1H/q+1;/p-1. The lowest BCUT2D eigenvalue weighted by atomic mass is 11.8. The van der Waals surface area contributed by atoms with Crippen LogP contribution in [-0.2, 0) is 0 Å². The SMILES string of the molecule is C[P+](C)(C)CCl.[Cl-]. The Kier molecular flexibility index (Phi) is 6.14. The maximum absolute atomic E-state index is 5.53. The van der Waals surface area contributed by atoms with E-state index >= 15 is 0 Å².